The topological polar surface area (TPSA) is 76.2 Å². The number of hydrogen-bond acceptors (Lipinski definition) is 5. The maximum absolute atomic E-state index is 11.1. The molecule has 1 heterocycles. The molecule has 0 aliphatic rings. The van der Waals surface area contributed by atoms with Crippen LogP contribution in [0.4, 0.5) is 11.6 Å². The standard InChI is InChI=1S/C20H23N5O2/c1-23(2)13-15-8-10-16(11-9-15)18-7-5-4-6-17(18)12-21-19-20(25(26)27)22-14-24(19)3/h4-11,14,21H,12-13H2,1-3H3. The number of benzene rings is 2. The van der Waals surface area contributed by atoms with Gasteiger partial charge in [-0.15, -0.1) is 0 Å². The molecule has 1 aromatic heterocycles. The number of nitrogens with zero attached hydrogens (tertiary/aromatic N) is 4. The van der Waals surface area contributed by atoms with E-state index < -0.39 is 4.92 Å². The fourth-order valence-electron chi connectivity index (χ4n) is 3.05. The summed E-state index contributed by atoms with van der Waals surface area (Å²) in [6.45, 7) is 1.36. The average Bonchev–Trinajstić information content (AvgIpc) is 3.01. The molecule has 0 aliphatic heterocycles. The van der Waals surface area contributed by atoms with E-state index in [1.54, 1.807) is 11.6 Å². The van der Waals surface area contributed by atoms with Crippen LogP contribution >= 0.6 is 0 Å². The molecule has 2 aromatic carbocycles. The van der Waals surface area contributed by atoms with Gasteiger partial charge < -0.3 is 20.3 Å². The van der Waals surface area contributed by atoms with Gasteiger partial charge in [-0.1, -0.05) is 48.5 Å². The molecule has 1 N–H and O–H groups in total. The molecule has 0 amide bonds. The van der Waals surface area contributed by atoms with Gasteiger partial charge in [-0.05, 0) is 46.3 Å². The molecule has 140 valence electrons. The van der Waals surface area contributed by atoms with E-state index in [0.717, 1.165) is 23.2 Å². The number of hydrogen-bond donors (Lipinski definition) is 1. The summed E-state index contributed by atoms with van der Waals surface area (Å²) in [4.78, 5) is 16.6. The second-order valence-electron chi connectivity index (χ2n) is 6.73. The maximum Gasteiger partial charge on any atom is 0.406 e. The van der Waals surface area contributed by atoms with Crippen molar-refractivity contribution in [2.75, 3.05) is 19.4 Å². The van der Waals surface area contributed by atoms with Crippen molar-refractivity contribution in [3.63, 3.8) is 0 Å². The largest absolute Gasteiger partial charge is 0.406 e. The molecule has 27 heavy (non-hydrogen) atoms. The van der Waals surface area contributed by atoms with Crippen LogP contribution < -0.4 is 5.32 Å². The molecule has 7 heteroatoms. The summed E-state index contributed by atoms with van der Waals surface area (Å²) >= 11 is 0. The Bertz CT molecular complexity index is 932. The lowest BCUT2D eigenvalue weighted by Gasteiger charge is -2.13. The Morgan fingerprint density at radius 3 is 2.52 bits per heavy atom. The van der Waals surface area contributed by atoms with E-state index >= 15 is 0 Å². The second-order valence-corrected chi connectivity index (χ2v) is 6.73. The average molecular weight is 365 g/mol. The third kappa shape index (κ3) is 4.32. The first kappa shape index (κ1) is 18.6. The van der Waals surface area contributed by atoms with Crippen LogP contribution in [0.3, 0.4) is 0 Å². The Morgan fingerprint density at radius 1 is 1.15 bits per heavy atom. The van der Waals surface area contributed by atoms with Crippen molar-refractivity contribution < 1.29 is 4.92 Å². The third-order valence-corrected chi connectivity index (χ3v) is 4.32. The van der Waals surface area contributed by atoms with E-state index in [0.29, 0.717) is 12.4 Å². The summed E-state index contributed by atoms with van der Waals surface area (Å²) < 4.78 is 1.62. The Balaban J connectivity index is 1.83. The fourth-order valence-corrected chi connectivity index (χ4v) is 3.05. The summed E-state index contributed by atoms with van der Waals surface area (Å²) in [5, 5.41) is 14.3. The van der Waals surface area contributed by atoms with Gasteiger partial charge in [0.05, 0.1) is 0 Å². The Labute approximate surface area is 158 Å². The zero-order valence-electron chi connectivity index (χ0n) is 15.7. The first-order chi connectivity index (χ1) is 13.0. The van der Waals surface area contributed by atoms with Crippen molar-refractivity contribution in [3.05, 3.63) is 76.1 Å². The molecule has 0 bridgehead atoms. The van der Waals surface area contributed by atoms with E-state index in [9.17, 15) is 10.1 Å². The quantitative estimate of drug-likeness (QED) is 0.511. The van der Waals surface area contributed by atoms with Gasteiger partial charge in [-0.25, -0.2) is 0 Å². The molecule has 7 nitrogen and oxygen atoms in total. The van der Waals surface area contributed by atoms with E-state index in [1.165, 1.54) is 11.9 Å². The molecule has 0 spiro atoms. The zero-order chi connectivity index (χ0) is 19.4. The van der Waals surface area contributed by atoms with Crippen LogP contribution in [0, 0.1) is 10.1 Å². The minimum Gasteiger partial charge on any atom is -0.360 e. The molecule has 3 aromatic rings. The fraction of sp³-hybridized carbons (Fsp3) is 0.250. The van der Waals surface area contributed by atoms with Gasteiger partial charge in [0, 0.05) is 20.1 Å². The van der Waals surface area contributed by atoms with Crippen LogP contribution in [0.1, 0.15) is 11.1 Å². The molecular formula is C20H23N5O2. The van der Waals surface area contributed by atoms with Crippen molar-refractivity contribution in [1.82, 2.24) is 14.5 Å². The monoisotopic (exact) mass is 365 g/mol. The minimum absolute atomic E-state index is 0.164. The van der Waals surface area contributed by atoms with E-state index in [4.69, 9.17) is 0 Å². The summed E-state index contributed by atoms with van der Waals surface area (Å²) in [7, 11) is 5.83. The lowest BCUT2D eigenvalue weighted by Crippen LogP contribution is -2.10. The molecule has 3 rings (SSSR count). The molecular weight excluding hydrogens is 342 g/mol. The van der Waals surface area contributed by atoms with Crippen molar-refractivity contribution in [2.24, 2.45) is 7.05 Å². The van der Waals surface area contributed by atoms with Crippen LogP contribution in [-0.4, -0.2) is 33.5 Å². The van der Waals surface area contributed by atoms with E-state index in [-0.39, 0.29) is 5.82 Å². The van der Waals surface area contributed by atoms with Gasteiger partial charge in [0.15, 0.2) is 0 Å². The normalized spacial score (nSPS) is 11.0. The molecule has 0 unspecified atom stereocenters. The van der Waals surface area contributed by atoms with Gasteiger partial charge in [-0.2, -0.15) is 0 Å². The summed E-state index contributed by atoms with van der Waals surface area (Å²) in [6.07, 6.45) is 1.44. The highest BCUT2D eigenvalue weighted by atomic mass is 16.6. The van der Waals surface area contributed by atoms with Crippen molar-refractivity contribution in [3.8, 4) is 11.1 Å². The maximum atomic E-state index is 11.1. The van der Waals surface area contributed by atoms with Crippen LogP contribution in [0.15, 0.2) is 54.9 Å². The van der Waals surface area contributed by atoms with Crippen LogP contribution in [0.5, 0.6) is 0 Å². The van der Waals surface area contributed by atoms with Gasteiger partial charge in [0.1, 0.15) is 0 Å². The highest BCUT2D eigenvalue weighted by molar-refractivity contribution is 5.68. The number of aryl methyl sites for hydroxylation is 1. The van der Waals surface area contributed by atoms with Gasteiger partial charge in [-0.3, -0.25) is 4.57 Å². The van der Waals surface area contributed by atoms with Crippen LogP contribution in [0.2, 0.25) is 0 Å². The first-order valence-corrected chi connectivity index (χ1v) is 8.67. The molecule has 0 radical (unpaired) electrons. The minimum atomic E-state index is -0.474. The number of rotatable bonds is 7. The van der Waals surface area contributed by atoms with Crippen LogP contribution in [0.25, 0.3) is 11.1 Å². The molecule has 0 saturated carbocycles. The number of imidazole rings is 1. The number of nitro groups is 1. The zero-order valence-corrected chi connectivity index (χ0v) is 15.7. The predicted octanol–water partition coefficient (Wildman–Crippen LogP) is 3.67. The number of aromatic nitrogens is 2. The predicted molar refractivity (Wildman–Crippen MR) is 106 cm³/mol. The van der Waals surface area contributed by atoms with E-state index in [2.05, 4.69) is 45.5 Å². The number of anilines is 1. The van der Waals surface area contributed by atoms with Crippen LogP contribution in [-0.2, 0) is 20.1 Å². The third-order valence-electron chi connectivity index (χ3n) is 4.32. The molecule has 0 aliphatic carbocycles. The van der Waals surface area contributed by atoms with Gasteiger partial charge in [0.2, 0.25) is 12.1 Å². The summed E-state index contributed by atoms with van der Waals surface area (Å²) in [5.74, 6) is 0.235. The lowest BCUT2D eigenvalue weighted by atomic mass is 9.98. The smallest absolute Gasteiger partial charge is 0.360 e. The second kappa shape index (κ2) is 8.01. The highest BCUT2D eigenvalue weighted by Crippen LogP contribution is 2.27. The molecule has 0 saturated heterocycles. The summed E-state index contributed by atoms with van der Waals surface area (Å²) in [6, 6.07) is 16.6. The van der Waals surface area contributed by atoms with Crippen molar-refractivity contribution in [2.45, 2.75) is 13.1 Å². The summed E-state index contributed by atoms with van der Waals surface area (Å²) in [5.41, 5.74) is 4.54. The van der Waals surface area contributed by atoms with Crippen molar-refractivity contribution >= 4 is 11.6 Å². The lowest BCUT2D eigenvalue weighted by molar-refractivity contribution is -0.388. The molecule has 0 fully saturated rings. The first-order valence-electron chi connectivity index (χ1n) is 8.67. The van der Waals surface area contributed by atoms with E-state index in [1.807, 2.05) is 32.3 Å². The van der Waals surface area contributed by atoms with Gasteiger partial charge >= 0.3 is 5.82 Å². The Morgan fingerprint density at radius 2 is 1.85 bits per heavy atom. The van der Waals surface area contributed by atoms with Gasteiger partial charge in [0.25, 0.3) is 0 Å². The molecule has 0 atom stereocenters. The van der Waals surface area contributed by atoms with Crippen molar-refractivity contribution in [1.29, 1.82) is 0 Å². The Kier molecular flexibility index (Phi) is 5.52. The number of nitrogens with one attached hydrogen (secondary N) is 1. The SMILES string of the molecule is CN(C)Cc1ccc(-c2ccccc2CNc2c([N+](=O)[O-])ncn2C)cc1. The Hall–Kier alpha value is -3.19. The highest BCUT2D eigenvalue weighted by Gasteiger charge is 2.19.